The Morgan fingerprint density at radius 3 is 2.26 bits per heavy atom. The second-order valence-corrected chi connectivity index (χ2v) is 14.0. The summed E-state index contributed by atoms with van der Waals surface area (Å²) in [5, 5.41) is 3.00. The summed E-state index contributed by atoms with van der Waals surface area (Å²) in [6.07, 6.45) is 8.40. The fourth-order valence-corrected chi connectivity index (χ4v) is 6.41. The molecule has 0 unspecified atom stereocenters. The smallest absolute Gasteiger partial charge is 0.410 e. The van der Waals surface area contributed by atoms with Gasteiger partial charge in [-0.05, 0) is 79.2 Å². The van der Waals surface area contributed by atoms with E-state index < -0.39 is 11.7 Å². The van der Waals surface area contributed by atoms with E-state index >= 15 is 0 Å². The highest BCUT2D eigenvalue weighted by Gasteiger charge is 2.41. The van der Waals surface area contributed by atoms with E-state index in [0.29, 0.717) is 56.9 Å². The first-order valence-corrected chi connectivity index (χ1v) is 16.8. The van der Waals surface area contributed by atoms with Gasteiger partial charge in [-0.2, -0.15) is 0 Å². The summed E-state index contributed by atoms with van der Waals surface area (Å²) in [6.45, 7) is 14.2. The Hall–Kier alpha value is -4.16. The van der Waals surface area contributed by atoms with Crippen molar-refractivity contribution in [3.05, 3.63) is 30.7 Å². The zero-order valence-corrected chi connectivity index (χ0v) is 28.5. The molecular weight excluding hydrogens is 602 g/mol. The molecule has 256 valence electrons. The van der Waals surface area contributed by atoms with E-state index in [1.807, 2.05) is 63.5 Å². The maximum atomic E-state index is 12.8. The van der Waals surface area contributed by atoms with Crippen LogP contribution in [0.4, 0.5) is 15.5 Å². The number of carbonyl (C=O) groups is 3. The van der Waals surface area contributed by atoms with Crippen LogP contribution in [0, 0.1) is 5.92 Å². The van der Waals surface area contributed by atoms with Crippen molar-refractivity contribution in [2.45, 2.75) is 104 Å². The zero-order valence-electron chi connectivity index (χ0n) is 28.5. The number of hydrogen-bond donors (Lipinski definition) is 1. The summed E-state index contributed by atoms with van der Waals surface area (Å²) in [6, 6.07) is 3.27. The van der Waals surface area contributed by atoms with Gasteiger partial charge in [0, 0.05) is 74.9 Å². The highest BCUT2D eigenvalue weighted by molar-refractivity contribution is 5.78. The van der Waals surface area contributed by atoms with E-state index in [-0.39, 0.29) is 36.3 Å². The van der Waals surface area contributed by atoms with Crippen molar-refractivity contribution in [3.8, 4) is 17.0 Å². The van der Waals surface area contributed by atoms with E-state index in [0.717, 1.165) is 36.8 Å². The molecule has 3 atom stereocenters. The molecule has 0 aliphatic carbocycles. The van der Waals surface area contributed by atoms with Gasteiger partial charge in [0.2, 0.25) is 17.7 Å². The van der Waals surface area contributed by atoms with Gasteiger partial charge in [0.1, 0.15) is 11.7 Å². The maximum absolute atomic E-state index is 12.8. The first-order chi connectivity index (χ1) is 22.4. The summed E-state index contributed by atoms with van der Waals surface area (Å²) in [7, 11) is 0. The Morgan fingerprint density at radius 1 is 0.936 bits per heavy atom. The van der Waals surface area contributed by atoms with E-state index in [2.05, 4.69) is 20.3 Å². The van der Waals surface area contributed by atoms with Crippen LogP contribution >= 0.6 is 0 Å². The number of alkyl carbamates (subject to hydrolysis) is 1. The minimum atomic E-state index is -0.626. The third kappa shape index (κ3) is 9.01. The van der Waals surface area contributed by atoms with Crippen LogP contribution in [0.3, 0.4) is 0 Å². The molecule has 47 heavy (non-hydrogen) atoms. The van der Waals surface area contributed by atoms with Gasteiger partial charge >= 0.3 is 12.2 Å². The summed E-state index contributed by atoms with van der Waals surface area (Å²) < 4.78 is 17.0. The number of pyridine rings is 1. The van der Waals surface area contributed by atoms with Crippen LogP contribution in [0.1, 0.15) is 73.6 Å². The number of likely N-dealkylation sites (tertiary alicyclic amines) is 2. The standard InChI is InChI=1S/C34H49N7O6/c1-22(2)45-33(44)39-15-12-24(13-16-39)23(3)46-29-11-10-25(17-35-29)26-18-36-31(37-19-26)40-20-27(38-32(43)47-34(4,5)6)28(21-40)41-14-8-7-9-30(41)42/h10-11,17-19,22-24,27-28H,7-9,12-16,20-21H2,1-6H3,(H,38,43)/t23-,27-,28-/m0/s1. The van der Waals surface area contributed by atoms with Gasteiger partial charge in [-0.3, -0.25) is 4.79 Å². The molecule has 0 saturated carbocycles. The molecule has 3 fully saturated rings. The van der Waals surface area contributed by atoms with Gasteiger partial charge in [-0.25, -0.2) is 24.5 Å². The van der Waals surface area contributed by atoms with Crippen molar-refractivity contribution < 1.29 is 28.6 Å². The number of anilines is 1. The van der Waals surface area contributed by atoms with E-state index in [1.54, 1.807) is 23.5 Å². The molecule has 13 nitrogen and oxygen atoms in total. The predicted molar refractivity (Wildman–Crippen MR) is 176 cm³/mol. The fraction of sp³-hybridized carbons (Fsp3) is 0.647. The van der Waals surface area contributed by atoms with Crippen LogP contribution in [-0.4, -0.2) is 105 Å². The molecule has 3 aliphatic heterocycles. The molecular formula is C34H49N7O6. The van der Waals surface area contributed by atoms with Crippen molar-refractivity contribution in [2.24, 2.45) is 5.92 Å². The number of aromatic nitrogens is 3. The fourth-order valence-electron chi connectivity index (χ4n) is 6.41. The van der Waals surface area contributed by atoms with Crippen molar-refractivity contribution in [1.29, 1.82) is 0 Å². The molecule has 0 spiro atoms. The lowest BCUT2D eigenvalue weighted by Gasteiger charge is -2.35. The normalized spacial score (nSPS) is 21.5. The Balaban J connectivity index is 1.18. The second-order valence-electron chi connectivity index (χ2n) is 14.0. The lowest BCUT2D eigenvalue weighted by atomic mass is 9.92. The lowest BCUT2D eigenvalue weighted by molar-refractivity contribution is -0.135. The molecule has 3 amide bonds. The molecule has 2 aromatic rings. The number of rotatable bonds is 8. The first-order valence-electron chi connectivity index (χ1n) is 16.8. The quantitative estimate of drug-likeness (QED) is 0.429. The average Bonchev–Trinajstić information content (AvgIpc) is 3.43. The van der Waals surface area contributed by atoms with Crippen LogP contribution in [-0.2, 0) is 14.3 Å². The molecule has 13 heteroatoms. The monoisotopic (exact) mass is 651 g/mol. The van der Waals surface area contributed by atoms with Gasteiger partial charge in [0.05, 0.1) is 18.2 Å². The predicted octanol–water partition coefficient (Wildman–Crippen LogP) is 4.66. The second kappa shape index (κ2) is 14.7. The SMILES string of the molecule is CC(C)OC(=O)N1CCC([C@H](C)Oc2ccc(-c3cnc(N4C[C@H](NC(=O)OC(C)(C)C)[C@@H](N5CCCCC5=O)C4)nc3)cn2)CC1. The van der Waals surface area contributed by atoms with Crippen molar-refractivity contribution in [2.75, 3.05) is 37.6 Å². The van der Waals surface area contributed by atoms with E-state index in [1.165, 1.54) is 0 Å². The van der Waals surface area contributed by atoms with Crippen molar-refractivity contribution in [1.82, 2.24) is 30.1 Å². The summed E-state index contributed by atoms with van der Waals surface area (Å²) >= 11 is 0. The molecule has 0 aromatic carbocycles. The summed E-state index contributed by atoms with van der Waals surface area (Å²) in [5.74, 6) is 1.50. The maximum Gasteiger partial charge on any atom is 0.410 e. The van der Waals surface area contributed by atoms with Crippen LogP contribution in [0.2, 0.25) is 0 Å². The minimum Gasteiger partial charge on any atom is -0.474 e. The molecule has 5 rings (SSSR count). The molecule has 3 aliphatic rings. The number of carbonyl (C=O) groups excluding carboxylic acids is 3. The van der Waals surface area contributed by atoms with Gasteiger partial charge in [-0.1, -0.05) is 0 Å². The Labute approximate surface area is 277 Å². The van der Waals surface area contributed by atoms with Gasteiger partial charge in [0.15, 0.2) is 0 Å². The van der Waals surface area contributed by atoms with Gasteiger partial charge < -0.3 is 34.2 Å². The van der Waals surface area contributed by atoms with Crippen molar-refractivity contribution >= 4 is 24.0 Å². The lowest BCUT2D eigenvalue weighted by Crippen LogP contribution is -2.54. The molecule has 1 N–H and O–H groups in total. The van der Waals surface area contributed by atoms with Gasteiger partial charge in [0.25, 0.3) is 0 Å². The summed E-state index contributed by atoms with van der Waals surface area (Å²) in [5.41, 5.74) is 1.04. The van der Waals surface area contributed by atoms with Crippen LogP contribution in [0.25, 0.3) is 11.1 Å². The molecule has 3 saturated heterocycles. The number of hydrogen-bond acceptors (Lipinski definition) is 10. The molecule has 2 aromatic heterocycles. The summed E-state index contributed by atoms with van der Waals surface area (Å²) in [4.78, 5) is 57.2. The molecule has 0 bridgehead atoms. The van der Waals surface area contributed by atoms with Gasteiger partial charge in [-0.15, -0.1) is 0 Å². The first kappa shape index (κ1) is 34.2. The highest BCUT2D eigenvalue weighted by atomic mass is 16.6. The third-order valence-corrected chi connectivity index (χ3v) is 8.85. The van der Waals surface area contributed by atoms with Crippen LogP contribution in [0.15, 0.2) is 30.7 Å². The topological polar surface area (TPSA) is 139 Å². The number of nitrogens with zero attached hydrogens (tertiary/aromatic N) is 6. The zero-order chi connectivity index (χ0) is 33.7. The van der Waals surface area contributed by atoms with Crippen LogP contribution < -0.4 is 15.0 Å². The van der Waals surface area contributed by atoms with Crippen molar-refractivity contribution in [3.63, 3.8) is 0 Å². The number of piperidine rings is 2. The largest absolute Gasteiger partial charge is 0.474 e. The molecule has 5 heterocycles. The van der Waals surface area contributed by atoms with E-state index in [4.69, 9.17) is 14.2 Å². The number of amides is 3. The Bertz CT molecular complexity index is 1370. The van der Waals surface area contributed by atoms with E-state index in [9.17, 15) is 14.4 Å². The minimum absolute atomic E-state index is 0.0441. The highest BCUT2D eigenvalue weighted by Crippen LogP contribution is 2.28. The molecule has 0 radical (unpaired) electrons. The van der Waals surface area contributed by atoms with Crippen LogP contribution in [0.5, 0.6) is 5.88 Å². The Kier molecular flexibility index (Phi) is 10.7. The third-order valence-electron chi connectivity index (χ3n) is 8.85. The number of nitrogens with one attached hydrogen (secondary N) is 1. The average molecular weight is 652 g/mol. The number of ether oxygens (including phenoxy) is 3. The Morgan fingerprint density at radius 2 is 1.64 bits per heavy atom.